The standard InChI is InChI=1S/C14H10O4S/c15-5-6-19-11-7-10-12(14(17)18-13(10)16)9-4-2-1-3-8(9)11/h1-4,7,15H,5-6H2. The van der Waals surface area contributed by atoms with Crippen molar-refractivity contribution in [2.24, 2.45) is 0 Å². The summed E-state index contributed by atoms with van der Waals surface area (Å²) in [5.41, 5.74) is 0.651. The Labute approximate surface area is 113 Å². The van der Waals surface area contributed by atoms with E-state index in [1.165, 1.54) is 11.8 Å². The van der Waals surface area contributed by atoms with E-state index < -0.39 is 11.9 Å². The smallest absolute Gasteiger partial charge is 0.347 e. The van der Waals surface area contributed by atoms with Crippen LogP contribution in [-0.4, -0.2) is 29.4 Å². The van der Waals surface area contributed by atoms with Crippen molar-refractivity contribution >= 4 is 34.5 Å². The number of ether oxygens (including phenoxy) is 1. The van der Waals surface area contributed by atoms with E-state index in [4.69, 9.17) is 5.11 Å². The quantitative estimate of drug-likeness (QED) is 0.528. The van der Waals surface area contributed by atoms with Crippen molar-refractivity contribution in [2.75, 3.05) is 12.4 Å². The summed E-state index contributed by atoms with van der Waals surface area (Å²) in [6.07, 6.45) is 0. The lowest BCUT2D eigenvalue weighted by Gasteiger charge is -2.08. The zero-order chi connectivity index (χ0) is 13.4. The van der Waals surface area contributed by atoms with Gasteiger partial charge in [-0.2, -0.15) is 0 Å². The van der Waals surface area contributed by atoms with E-state index in [0.29, 0.717) is 16.9 Å². The van der Waals surface area contributed by atoms with Gasteiger partial charge in [0.05, 0.1) is 17.7 Å². The van der Waals surface area contributed by atoms with E-state index in [1.807, 2.05) is 18.2 Å². The summed E-state index contributed by atoms with van der Waals surface area (Å²) in [4.78, 5) is 24.2. The predicted molar refractivity (Wildman–Crippen MR) is 71.5 cm³/mol. The van der Waals surface area contributed by atoms with Gasteiger partial charge in [-0.15, -0.1) is 11.8 Å². The first-order chi connectivity index (χ1) is 9.22. The molecule has 96 valence electrons. The van der Waals surface area contributed by atoms with Crippen LogP contribution in [0, 0.1) is 0 Å². The highest BCUT2D eigenvalue weighted by Crippen LogP contribution is 2.35. The fraction of sp³-hybridized carbons (Fsp3) is 0.143. The van der Waals surface area contributed by atoms with Crippen molar-refractivity contribution in [3.63, 3.8) is 0 Å². The van der Waals surface area contributed by atoms with Gasteiger partial charge >= 0.3 is 11.9 Å². The normalized spacial score (nSPS) is 13.7. The number of aliphatic hydroxyl groups excluding tert-OH is 1. The van der Waals surface area contributed by atoms with Crippen LogP contribution in [0.4, 0.5) is 0 Å². The van der Waals surface area contributed by atoms with Crippen molar-refractivity contribution in [1.29, 1.82) is 0 Å². The molecule has 3 rings (SSSR count). The second-order valence-corrected chi connectivity index (χ2v) is 5.23. The molecular formula is C14H10O4S. The molecule has 5 heteroatoms. The number of thioether (sulfide) groups is 1. The van der Waals surface area contributed by atoms with Crippen LogP contribution in [0.2, 0.25) is 0 Å². The number of cyclic esters (lactones) is 2. The molecular weight excluding hydrogens is 264 g/mol. The van der Waals surface area contributed by atoms with Gasteiger partial charge in [0.1, 0.15) is 0 Å². The summed E-state index contributed by atoms with van der Waals surface area (Å²) in [6.45, 7) is 0.0550. The molecule has 0 atom stereocenters. The lowest BCUT2D eigenvalue weighted by Crippen LogP contribution is -1.97. The van der Waals surface area contributed by atoms with Crippen LogP contribution in [-0.2, 0) is 4.74 Å². The first-order valence-electron chi connectivity index (χ1n) is 5.78. The van der Waals surface area contributed by atoms with Gasteiger partial charge < -0.3 is 9.84 Å². The molecule has 0 saturated heterocycles. The maximum absolute atomic E-state index is 11.7. The van der Waals surface area contributed by atoms with Crippen LogP contribution in [0.5, 0.6) is 0 Å². The van der Waals surface area contributed by atoms with Crippen LogP contribution in [0.1, 0.15) is 20.7 Å². The Bertz CT molecular complexity index is 693. The van der Waals surface area contributed by atoms with Gasteiger partial charge in [0, 0.05) is 10.6 Å². The molecule has 0 aromatic heterocycles. The number of hydrogen-bond donors (Lipinski definition) is 1. The van der Waals surface area contributed by atoms with Crippen LogP contribution < -0.4 is 0 Å². The van der Waals surface area contributed by atoms with E-state index in [2.05, 4.69) is 4.74 Å². The lowest BCUT2D eigenvalue weighted by atomic mass is 10.0. The van der Waals surface area contributed by atoms with E-state index in [-0.39, 0.29) is 6.61 Å². The fourth-order valence-corrected chi connectivity index (χ4v) is 3.03. The molecule has 19 heavy (non-hydrogen) atoms. The van der Waals surface area contributed by atoms with Gasteiger partial charge in [-0.25, -0.2) is 9.59 Å². The van der Waals surface area contributed by atoms with Crippen molar-refractivity contribution in [1.82, 2.24) is 0 Å². The highest BCUT2D eigenvalue weighted by Gasteiger charge is 2.32. The molecule has 0 bridgehead atoms. The van der Waals surface area contributed by atoms with Gasteiger partial charge in [0.25, 0.3) is 0 Å². The average molecular weight is 274 g/mol. The second-order valence-electron chi connectivity index (χ2n) is 4.09. The molecule has 1 heterocycles. The van der Waals surface area contributed by atoms with Crippen LogP contribution >= 0.6 is 11.8 Å². The maximum atomic E-state index is 11.7. The number of carbonyl (C=O) groups excluding carboxylic acids is 2. The predicted octanol–water partition coefficient (Wildman–Crippen LogP) is 2.23. The molecule has 0 aliphatic carbocycles. The minimum atomic E-state index is -0.600. The summed E-state index contributed by atoms with van der Waals surface area (Å²) in [7, 11) is 0. The second kappa shape index (κ2) is 4.68. The van der Waals surface area contributed by atoms with Crippen molar-refractivity contribution in [3.05, 3.63) is 41.5 Å². The first-order valence-corrected chi connectivity index (χ1v) is 6.77. The zero-order valence-corrected chi connectivity index (χ0v) is 10.7. The molecule has 0 radical (unpaired) electrons. The number of hydrogen-bond acceptors (Lipinski definition) is 5. The summed E-state index contributed by atoms with van der Waals surface area (Å²) in [5, 5.41) is 10.5. The van der Waals surface area contributed by atoms with E-state index in [0.717, 1.165) is 15.7 Å². The van der Waals surface area contributed by atoms with Crippen LogP contribution in [0.25, 0.3) is 10.8 Å². The Balaban J connectivity index is 2.29. The molecule has 0 saturated carbocycles. The topological polar surface area (TPSA) is 63.6 Å². The molecule has 4 nitrogen and oxygen atoms in total. The molecule has 0 unspecified atom stereocenters. The largest absolute Gasteiger partial charge is 0.396 e. The highest BCUT2D eigenvalue weighted by molar-refractivity contribution is 7.99. The van der Waals surface area contributed by atoms with Gasteiger partial charge in [-0.3, -0.25) is 0 Å². The Hall–Kier alpha value is -1.85. The molecule has 0 spiro atoms. The minimum absolute atomic E-state index is 0.0550. The lowest BCUT2D eigenvalue weighted by molar-refractivity contribution is 0.0444. The number of rotatable bonds is 3. The van der Waals surface area contributed by atoms with Gasteiger partial charge in [0.2, 0.25) is 0 Å². The summed E-state index contributed by atoms with van der Waals surface area (Å²) >= 11 is 1.45. The molecule has 2 aromatic rings. The fourth-order valence-electron chi connectivity index (χ4n) is 2.19. The third kappa shape index (κ3) is 1.91. The van der Waals surface area contributed by atoms with Crippen molar-refractivity contribution in [2.45, 2.75) is 4.90 Å². The number of esters is 2. The zero-order valence-electron chi connectivity index (χ0n) is 9.88. The summed E-state index contributed by atoms with van der Waals surface area (Å²) in [6, 6.07) is 9.06. The Kier molecular flexibility index (Phi) is 3.00. The molecule has 1 aliphatic heterocycles. The SMILES string of the molecule is O=C1OC(=O)c2c1cc(SCCO)c1ccccc21. The maximum Gasteiger partial charge on any atom is 0.347 e. The average Bonchev–Trinajstić information content (AvgIpc) is 2.71. The number of fused-ring (bicyclic) bond motifs is 3. The van der Waals surface area contributed by atoms with Crippen molar-refractivity contribution in [3.8, 4) is 0 Å². The van der Waals surface area contributed by atoms with Crippen molar-refractivity contribution < 1.29 is 19.4 Å². The third-order valence-corrected chi connectivity index (χ3v) is 4.00. The van der Waals surface area contributed by atoms with Crippen LogP contribution in [0.15, 0.2) is 35.2 Å². The Morgan fingerprint density at radius 2 is 1.84 bits per heavy atom. The molecule has 1 N–H and O–H groups in total. The number of benzene rings is 2. The van der Waals surface area contributed by atoms with Gasteiger partial charge in [0.15, 0.2) is 0 Å². The van der Waals surface area contributed by atoms with Gasteiger partial charge in [-0.1, -0.05) is 24.3 Å². The van der Waals surface area contributed by atoms with Gasteiger partial charge in [-0.05, 0) is 16.8 Å². The first kappa shape index (κ1) is 12.2. The highest BCUT2D eigenvalue weighted by atomic mass is 32.2. The minimum Gasteiger partial charge on any atom is -0.396 e. The Morgan fingerprint density at radius 1 is 1.11 bits per heavy atom. The molecule has 1 aliphatic rings. The van der Waals surface area contributed by atoms with E-state index in [9.17, 15) is 9.59 Å². The number of aliphatic hydroxyl groups is 1. The number of carbonyl (C=O) groups is 2. The third-order valence-electron chi connectivity index (χ3n) is 2.96. The summed E-state index contributed by atoms with van der Waals surface area (Å²) < 4.78 is 4.66. The molecule has 0 fully saturated rings. The van der Waals surface area contributed by atoms with Crippen LogP contribution in [0.3, 0.4) is 0 Å². The molecule has 0 amide bonds. The summed E-state index contributed by atoms with van der Waals surface area (Å²) in [5.74, 6) is -0.655. The monoisotopic (exact) mass is 274 g/mol. The Morgan fingerprint density at radius 3 is 2.58 bits per heavy atom. The molecule has 2 aromatic carbocycles. The van der Waals surface area contributed by atoms with E-state index >= 15 is 0 Å². The van der Waals surface area contributed by atoms with E-state index in [1.54, 1.807) is 12.1 Å².